The second-order valence-corrected chi connectivity index (χ2v) is 11.4. The number of halogens is 3. The van der Waals surface area contributed by atoms with Crippen molar-refractivity contribution < 1.29 is 17.7 Å². The van der Waals surface area contributed by atoms with Crippen LogP contribution in [-0.4, -0.2) is 22.3 Å². The quantitative estimate of drug-likeness (QED) is 0.272. The summed E-state index contributed by atoms with van der Waals surface area (Å²) < 4.78 is 53.8. The molecule has 2 N–H and O–H groups in total. The lowest BCUT2D eigenvalue weighted by molar-refractivity contribution is -0.137. The predicted octanol–water partition coefficient (Wildman–Crippen LogP) is 7.16. The van der Waals surface area contributed by atoms with Gasteiger partial charge >= 0.3 is 6.18 Å². The summed E-state index contributed by atoms with van der Waals surface area (Å²) in [6.45, 7) is 3.80. The Morgan fingerprint density at radius 3 is 2.15 bits per heavy atom. The Morgan fingerprint density at radius 2 is 1.50 bits per heavy atom. The van der Waals surface area contributed by atoms with Crippen molar-refractivity contribution in [2.24, 2.45) is 0 Å². The van der Waals surface area contributed by atoms with Gasteiger partial charge in [-0.2, -0.15) is 18.2 Å². The predicted molar refractivity (Wildman–Crippen MR) is 132 cm³/mol. The van der Waals surface area contributed by atoms with Gasteiger partial charge in [0.25, 0.3) is 0 Å². The van der Waals surface area contributed by atoms with E-state index in [0.29, 0.717) is 23.7 Å². The van der Waals surface area contributed by atoms with E-state index in [1.807, 2.05) is 44.2 Å². The van der Waals surface area contributed by atoms with E-state index in [4.69, 9.17) is 0 Å². The molecule has 0 radical (unpaired) electrons. The van der Waals surface area contributed by atoms with Crippen molar-refractivity contribution in [3.63, 3.8) is 0 Å². The molecule has 0 amide bonds. The summed E-state index contributed by atoms with van der Waals surface area (Å²) >= 11 is 0. The Kier molecular flexibility index (Phi) is 6.62. The van der Waals surface area contributed by atoms with Crippen molar-refractivity contribution >= 4 is 46.4 Å². The molecule has 176 valence electrons. The summed E-state index contributed by atoms with van der Waals surface area (Å²) in [4.78, 5) is 7.96. The standard InChI is InChI=1S/C25H24F3N4OP/c1-3-34(33,4-2)21-13-11-19(12-14-21)31-24-29-16-22(25(26,27)28)23(32-24)30-20-10-9-17-7-5-6-8-18(17)15-20/h5-16H,3-4H2,1-2H3,(H2,29,30,31,32). The van der Waals surface area contributed by atoms with Crippen LogP contribution in [-0.2, 0) is 10.7 Å². The van der Waals surface area contributed by atoms with Gasteiger partial charge in [-0.05, 0) is 47.2 Å². The van der Waals surface area contributed by atoms with E-state index in [2.05, 4.69) is 20.6 Å². The lowest BCUT2D eigenvalue weighted by atomic mass is 10.1. The van der Waals surface area contributed by atoms with Crippen LogP contribution in [0.15, 0.2) is 72.9 Å². The van der Waals surface area contributed by atoms with Crippen LogP contribution in [0, 0.1) is 0 Å². The minimum absolute atomic E-state index is 0.0122. The highest BCUT2D eigenvalue weighted by molar-refractivity contribution is 7.71. The molecule has 0 fully saturated rings. The van der Waals surface area contributed by atoms with E-state index in [-0.39, 0.29) is 11.8 Å². The Hall–Kier alpha value is -3.38. The van der Waals surface area contributed by atoms with Crippen molar-refractivity contribution in [1.82, 2.24) is 9.97 Å². The highest BCUT2D eigenvalue weighted by atomic mass is 31.2. The Bertz CT molecular complexity index is 1350. The van der Waals surface area contributed by atoms with Gasteiger partial charge in [0.2, 0.25) is 5.95 Å². The zero-order valence-corrected chi connectivity index (χ0v) is 19.6. The third-order valence-corrected chi connectivity index (χ3v) is 9.00. The maximum Gasteiger partial charge on any atom is 0.421 e. The van der Waals surface area contributed by atoms with Crippen LogP contribution in [0.5, 0.6) is 0 Å². The van der Waals surface area contributed by atoms with Gasteiger partial charge < -0.3 is 15.2 Å². The van der Waals surface area contributed by atoms with Crippen LogP contribution in [0.1, 0.15) is 19.4 Å². The summed E-state index contributed by atoms with van der Waals surface area (Å²) in [6.07, 6.45) is -2.72. The SMILES string of the molecule is CCP(=O)(CC)c1ccc(Nc2ncc(C(F)(F)F)c(Nc3ccc4ccccc4c3)n2)cc1. The topological polar surface area (TPSA) is 66.9 Å². The zero-order valence-electron chi connectivity index (χ0n) is 18.7. The Morgan fingerprint density at radius 1 is 0.853 bits per heavy atom. The first-order valence-corrected chi connectivity index (χ1v) is 13.0. The molecule has 0 spiro atoms. The van der Waals surface area contributed by atoms with Gasteiger partial charge in [-0.25, -0.2) is 4.98 Å². The largest absolute Gasteiger partial charge is 0.421 e. The second kappa shape index (κ2) is 9.47. The van der Waals surface area contributed by atoms with Crippen molar-refractivity contribution in [1.29, 1.82) is 0 Å². The van der Waals surface area contributed by atoms with E-state index in [9.17, 15) is 17.7 Å². The van der Waals surface area contributed by atoms with Crippen LogP contribution in [0.25, 0.3) is 10.8 Å². The molecule has 9 heteroatoms. The molecule has 0 bridgehead atoms. The second-order valence-electron chi connectivity index (χ2n) is 7.83. The molecule has 0 atom stereocenters. The molecular formula is C25H24F3N4OP. The highest BCUT2D eigenvalue weighted by Crippen LogP contribution is 2.43. The Labute approximate surface area is 195 Å². The fourth-order valence-electron chi connectivity index (χ4n) is 3.68. The fraction of sp³-hybridized carbons (Fsp3) is 0.200. The summed E-state index contributed by atoms with van der Waals surface area (Å²) in [6, 6.07) is 19.9. The summed E-state index contributed by atoms with van der Waals surface area (Å²) in [7, 11) is -2.42. The number of rotatable bonds is 7. The zero-order chi connectivity index (χ0) is 24.3. The third-order valence-electron chi connectivity index (χ3n) is 5.72. The first kappa shape index (κ1) is 23.8. The Balaban J connectivity index is 1.63. The normalized spacial score (nSPS) is 12.0. The first-order chi connectivity index (χ1) is 16.2. The molecule has 4 rings (SSSR count). The van der Waals surface area contributed by atoms with E-state index in [1.165, 1.54) is 0 Å². The van der Waals surface area contributed by atoms with Crippen molar-refractivity contribution in [2.75, 3.05) is 23.0 Å². The minimum Gasteiger partial charge on any atom is -0.340 e. The molecule has 0 saturated carbocycles. The molecule has 0 aliphatic carbocycles. The van der Waals surface area contributed by atoms with Crippen molar-refractivity contribution in [3.8, 4) is 0 Å². The maximum atomic E-state index is 13.6. The monoisotopic (exact) mass is 484 g/mol. The van der Waals surface area contributed by atoms with Gasteiger partial charge in [0.1, 0.15) is 18.5 Å². The van der Waals surface area contributed by atoms with E-state index >= 15 is 0 Å². The number of fused-ring (bicyclic) bond motifs is 1. The average molecular weight is 484 g/mol. The molecule has 0 saturated heterocycles. The number of hydrogen-bond acceptors (Lipinski definition) is 5. The number of hydrogen-bond donors (Lipinski definition) is 2. The number of benzene rings is 3. The van der Waals surface area contributed by atoms with Gasteiger partial charge in [-0.1, -0.05) is 44.2 Å². The van der Waals surface area contributed by atoms with Crippen molar-refractivity contribution in [3.05, 3.63) is 78.5 Å². The maximum absolute atomic E-state index is 13.6. The smallest absolute Gasteiger partial charge is 0.340 e. The molecule has 1 aromatic heterocycles. The lowest BCUT2D eigenvalue weighted by Crippen LogP contribution is -2.13. The molecule has 4 aromatic rings. The molecule has 5 nitrogen and oxygen atoms in total. The number of anilines is 4. The number of alkyl halides is 3. The molecule has 3 aromatic carbocycles. The number of nitrogens with one attached hydrogen (secondary N) is 2. The van der Waals surface area contributed by atoms with E-state index in [0.717, 1.165) is 22.3 Å². The minimum atomic E-state index is -4.62. The van der Waals surface area contributed by atoms with Gasteiger partial charge in [0, 0.05) is 35.2 Å². The van der Waals surface area contributed by atoms with Crippen LogP contribution in [0.2, 0.25) is 0 Å². The summed E-state index contributed by atoms with van der Waals surface area (Å²) in [5.74, 6) is -0.337. The molecule has 0 aliphatic heterocycles. The highest BCUT2D eigenvalue weighted by Gasteiger charge is 2.35. The van der Waals surface area contributed by atoms with Crippen LogP contribution in [0.4, 0.5) is 36.3 Å². The fourth-order valence-corrected chi connectivity index (χ4v) is 5.55. The lowest BCUT2D eigenvalue weighted by Gasteiger charge is -2.16. The number of aromatic nitrogens is 2. The summed E-state index contributed by atoms with van der Waals surface area (Å²) in [5.41, 5.74) is 0.0976. The van der Waals surface area contributed by atoms with E-state index < -0.39 is 18.9 Å². The van der Waals surface area contributed by atoms with Gasteiger partial charge in [0.05, 0.1) is 0 Å². The molecule has 0 unspecified atom stereocenters. The van der Waals surface area contributed by atoms with Crippen LogP contribution < -0.4 is 15.9 Å². The molecular weight excluding hydrogens is 460 g/mol. The van der Waals surface area contributed by atoms with Crippen LogP contribution >= 0.6 is 7.14 Å². The molecule has 0 aliphatic rings. The molecule has 1 heterocycles. The van der Waals surface area contributed by atoms with Gasteiger partial charge in [-0.3, -0.25) is 0 Å². The van der Waals surface area contributed by atoms with Crippen molar-refractivity contribution in [2.45, 2.75) is 20.0 Å². The average Bonchev–Trinajstić information content (AvgIpc) is 2.83. The number of nitrogens with zero attached hydrogens (tertiary/aromatic N) is 2. The van der Waals surface area contributed by atoms with Gasteiger partial charge in [-0.15, -0.1) is 0 Å². The molecule has 34 heavy (non-hydrogen) atoms. The van der Waals surface area contributed by atoms with Crippen LogP contribution in [0.3, 0.4) is 0 Å². The third kappa shape index (κ3) is 5.07. The first-order valence-electron chi connectivity index (χ1n) is 10.9. The summed E-state index contributed by atoms with van der Waals surface area (Å²) in [5, 5.41) is 8.37. The van der Waals surface area contributed by atoms with Gasteiger partial charge in [0.15, 0.2) is 0 Å². The van der Waals surface area contributed by atoms with E-state index in [1.54, 1.807) is 36.4 Å².